The Balaban J connectivity index is 3.80. The Morgan fingerprint density at radius 1 is 1.80 bits per heavy atom. The molecule has 10 heavy (non-hydrogen) atoms. The quantitative estimate of drug-likeness (QED) is 0.505. The highest BCUT2D eigenvalue weighted by Crippen LogP contribution is 2.00. The molecule has 0 aliphatic carbocycles. The normalized spacial score (nSPS) is 14.8. The third kappa shape index (κ3) is 3.09. The van der Waals surface area contributed by atoms with Crippen LogP contribution < -0.4 is 11.5 Å². The van der Waals surface area contributed by atoms with E-state index in [9.17, 15) is 4.79 Å². The van der Waals surface area contributed by atoms with Crippen LogP contribution in [0.15, 0.2) is 11.8 Å². The molecule has 4 nitrogen and oxygen atoms in total. The van der Waals surface area contributed by atoms with Crippen molar-refractivity contribution in [3.05, 3.63) is 11.8 Å². The summed E-state index contributed by atoms with van der Waals surface area (Å²) in [7, 11) is 0. The van der Waals surface area contributed by atoms with Crippen LogP contribution >= 0.6 is 0 Å². The van der Waals surface area contributed by atoms with Crippen LogP contribution in [0, 0.1) is 0 Å². The summed E-state index contributed by atoms with van der Waals surface area (Å²) in [5.41, 5.74) is 11.1. The lowest BCUT2D eigenvalue weighted by Crippen LogP contribution is -2.30. The maximum absolute atomic E-state index is 10.2. The van der Waals surface area contributed by atoms with Crippen molar-refractivity contribution in [3.63, 3.8) is 0 Å². The molecule has 4 heteroatoms. The average molecular weight is 144 g/mol. The van der Waals surface area contributed by atoms with E-state index in [1.807, 2.05) is 0 Å². The fourth-order valence-corrected chi connectivity index (χ4v) is 0.502. The van der Waals surface area contributed by atoms with Gasteiger partial charge in [-0.25, -0.2) is 0 Å². The summed E-state index contributed by atoms with van der Waals surface area (Å²) in [5, 5.41) is 8.33. The van der Waals surface area contributed by atoms with E-state index in [0.717, 1.165) is 5.57 Å². The molecule has 0 aromatic heterocycles. The minimum Gasteiger partial charge on any atom is -0.480 e. The van der Waals surface area contributed by atoms with Gasteiger partial charge in [0.2, 0.25) is 0 Å². The van der Waals surface area contributed by atoms with Gasteiger partial charge in [0.05, 0.1) is 0 Å². The van der Waals surface area contributed by atoms with Gasteiger partial charge in [0, 0.05) is 0 Å². The molecule has 0 saturated carbocycles. The van der Waals surface area contributed by atoms with E-state index in [2.05, 4.69) is 0 Å². The van der Waals surface area contributed by atoms with Crippen molar-refractivity contribution in [2.75, 3.05) is 0 Å². The third-order valence-corrected chi connectivity index (χ3v) is 1.14. The molecule has 0 radical (unpaired) electrons. The Hall–Kier alpha value is -1.03. The first-order valence-electron chi connectivity index (χ1n) is 2.93. The highest BCUT2D eigenvalue weighted by Gasteiger charge is 2.10. The lowest BCUT2D eigenvalue weighted by Gasteiger charge is -2.04. The molecule has 0 spiro atoms. The van der Waals surface area contributed by atoms with Crippen LogP contribution in [-0.2, 0) is 4.79 Å². The molecule has 0 aromatic rings. The summed E-state index contributed by atoms with van der Waals surface area (Å²) in [6, 6.07) is -0.834. The van der Waals surface area contributed by atoms with Crippen LogP contribution in [0.3, 0.4) is 0 Å². The zero-order valence-corrected chi connectivity index (χ0v) is 5.87. The van der Waals surface area contributed by atoms with E-state index in [-0.39, 0.29) is 0 Å². The number of aliphatic carboxylic acids is 1. The molecule has 1 atom stereocenters. The second kappa shape index (κ2) is 3.90. The maximum Gasteiger partial charge on any atom is 0.320 e. The molecule has 0 saturated heterocycles. The van der Waals surface area contributed by atoms with Gasteiger partial charge in [0.15, 0.2) is 0 Å². The van der Waals surface area contributed by atoms with E-state index in [0.29, 0.717) is 6.42 Å². The van der Waals surface area contributed by atoms with Crippen LogP contribution in [0.5, 0.6) is 0 Å². The number of nitrogens with two attached hydrogens (primary N) is 2. The molecule has 1 unspecified atom stereocenters. The predicted octanol–water partition coefficient (Wildman–Crippen LogP) is -0.349. The third-order valence-electron chi connectivity index (χ3n) is 1.14. The zero-order chi connectivity index (χ0) is 8.15. The summed E-state index contributed by atoms with van der Waals surface area (Å²) in [5.74, 6) is -0.999. The molecule has 0 aliphatic rings. The van der Waals surface area contributed by atoms with Gasteiger partial charge in [0.1, 0.15) is 6.04 Å². The molecular weight excluding hydrogens is 132 g/mol. The average Bonchev–Trinajstić information content (AvgIpc) is 1.87. The molecule has 0 aliphatic heterocycles. The van der Waals surface area contributed by atoms with Crippen molar-refractivity contribution in [1.82, 2.24) is 0 Å². The smallest absolute Gasteiger partial charge is 0.320 e. The molecule has 0 fully saturated rings. The number of carboxylic acid groups (broad SMARTS) is 1. The molecule has 0 heterocycles. The predicted molar refractivity (Wildman–Crippen MR) is 38.2 cm³/mol. The Labute approximate surface area is 59.5 Å². The zero-order valence-electron chi connectivity index (χ0n) is 5.87. The summed E-state index contributed by atoms with van der Waals surface area (Å²) < 4.78 is 0. The summed E-state index contributed by atoms with van der Waals surface area (Å²) in [4.78, 5) is 10.2. The molecular formula is C6H12N2O2. The standard InChI is InChI=1S/C6H12N2O2/c1-4(3-7)2-5(8)6(9)10/h3,5H,2,7-8H2,1H3,(H,9,10)/b4-3+. The summed E-state index contributed by atoms with van der Waals surface area (Å²) >= 11 is 0. The minimum atomic E-state index is -0.999. The van der Waals surface area contributed by atoms with Gasteiger partial charge in [0.25, 0.3) is 0 Å². The molecule has 0 rings (SSSR count). The van der Waals surface area contributed by atoms with Crippen LogP contribution in [0.4, 0.5) is 0 Å². The SMILES string of the molecule is C/C(=C\N)CC(N)C(=O)O. The lowest BCUT2D eigenvalue weighted by molar-refractivity contribution is -0.138. The Kier molecular flexibility index (Phi) is 3.49. The van der Waals surface area contributed by atoms with Gasteiger partial charge < -0.3 is 16.6 Å². The largest absolute Gasteiger partial charge is 0.480 e. The van der Waals surface area contributed by atoms with E-state index >= 15 is 0 Å². The molecule has 5 N–H and O–H groups in total. The lowest BCUT2D eigenvalue weighted by atomic mass is 10.1. The second-order valence-corrected chi connectivity index (χ2v) is 2.16. The molecule has 0 amide bonds. The van der Waals surface area contributed by atoms with Crippen molar-refractivity contribution >= 4 is 5.97 Å². The van der Waals surface area contributed by atoms with Gasteiger partial charge in [-0.05, 0) is 19.5 Å². The highest BCUT2D eigenvalue weighted by atomic mass is 16.4. The van der Waals surface area contributed by atoms with Gasteiger partial charge >= 0.3 is 5.97 Å². The Bertz CT molecular complexity index is 154. The monoisotopic (exact) mass is 144 g/mol. The number of carboxylic acids is 1. The maximum atomic E-state index is 10.2. The van der Waals surface area contributed by atoms with E-state index < -0.39 is 12.0 Å². The number of rotatable bonds is 3. The van der Waals surface area contributed by atoms with Crippen LogP contribution in [0.2, 0.25) is 0 Å². The van der Waals surface area contributed by atoms with Gasteiger partial charge in [-0.2, -0.15) is 0 Å². The van der Waals surface area contributed by atoms with Crippen molar-refractivity contribution in [2.24, 2.45) is 11.5 Å². The topological polar surface area (TPSA) is 89.3 Å². The number of hydrogen-bond donors (Lipinski definition) is 3. The van der Waals surface area contributed by atoms with Crippen molar-refractivity contribution < 1.29 is 9.90 Å². The number of hydrogen-bond acceptors (Lipinski definition) is 3. The fourth-order valence-electron chi connectivity index (χ4n) is 0.502. The van der Waals surface area contributed by atoms with E-state index in [1.165, 1.54) is 6.20 Å². The van der Waals surface area contributed by atoms with Crippen molar-refractivity contribution in [2.45, 2.75) is 19.4 Å². The first-order valence-corrected chi connectivity index (χ1v) is 2.93. The van der Waals surface area contributed by atoms with Gasteiger partial charge in [-0.15, -0.1) is 0 Å². The first-order chi connectivity index (χ1) is 4.57. The van der Waals surface area contributed by atoms with E-state index in [1.54, 1.807) is 6.92 Å². The van der Waals surface area contributed by atoms with Gasteiger partial charge in [-0.1, -0.05) is 5.57 Å². The summed E-state index contributed by atoms with van der Waals surface area (Å²) in [6.45, 7) is 1.74. The second-order valence-electron chi connectivity index (χ2n) is 2.16. The Morgan fingerprint density at radius 2 is 2.30 bits per heavy atom. The summed E-state index contributed by atoms with van der Waals surface area (Å²) in [6.07, 6.45) is 1.68. The first kappa shape index (κ1) is 8.97. The Morgan fingerprint density at radius 3 is 2.60 bits per heavy atom. The molecule has 58 valence electrons. The molecule has 0 bridgehead atoms. The van der Waals surface area contributed by atoms with Crippen molar-refractivity contribution in [3.8, 4) is 0 Å². The van der Waals surface area contributed by atoms with E-state index in [4.69, 9.17) is 16.6 Å². The minimum absolute atomic E-state index is 0.311. The van der Waals surface area contributed by atoms with Crippen molar-refractivity contribution in [1.29, 1.82) is 0 Å². The highest BCUT2D eigenvalue weighted by molar-refractivity contribution is 5.73. The van der Waals surface area contributed by atoms with Crippen LogP contribution in [0.1, 0.15) is 13.3 Å². The number of carbonyl (C=O) groups is 1. The fraction of sp³-hybridized carbons (Fsp3) is 0.500. The van der Waals surface area contributed by atoms with Crippen LogP contribution in [0.25, 0.3) is 0 Å². The van der Waals surface area contributed by atoms with Gasteiger partial charge in [-0.3, -0.25) is 4.79 Å². The van der Waals surface area contributed by atoms with Crippen LogP contribution in [-0.4, -0.2) is 17.1 Å². The molecule has 0 aromatic carbocycles.